The molecule has 3 heteroatoms. The van der Waals surface area contributed by atoms with E-state index >= 15 is 0 Å². The van der Waals surface area contributed by atoms with Crippen molar-refractivity contribution in [1.29, 1.82) is 0 Å². The highest BCUT2D eigenvalue weighted by Gasteiger charge is 2.39. The molecule has 1 saturated carbocycles. The second kappa shape index (κ2) is 4.56. The number of hydrogen-bond donors (Lipinski definition) is 0. The van der Waals surface area contributed by atoms with Crippen LogP contribution in [0.15, 0.2) is 43.0 Å². The van der Waals surface area contributed by atoms with Crippen LogP contribution in [0.2, 0.25) is 0 Å². The molecule has 1 heterocycles. The van der Waals surface area contributed by atoms with Gasteiger partial charge in [-0.15, -0.1) is 0 Å². The molecule has 0 bridgehead atoms. The van der Waals surface area contributed by atoms with E-state index in [1.807, 2.05) is 11.0 Å². The molecule has 0 saturated heterocycles. The van der Waals surface area contributed by atoms with Crippen molar-refractivity contribution >= 4 is 0 Å². The molecular formula is C15H19N3. The van der Waals surface area contributed by atoms with Crippen molar-refractivity contribution in [2.75, 3.05) is 0 Å². The molecule has 2 unspecified atom stereocenters. The van der Waals surface area contributed by atoms with Crippen LogP contribution in [0.1, 0.15) is 44.2 Å². The van der Waals surface area contributed by atoms with Gasteiger partial charge in [-0.05, 0) is 18.4 Å². The quantitative estimate of drug-likeness (QED) is 0.807. The lowest BCUT2D eigenvalue weighted by molar-refractivity contribution is 0.192. The van der Waals surface area contributed by atoms with Crippen LogP contribution in [0.3, 0.4) is 0 Å². The van der Waals surface area contributed by atoms with Gasteiger partial charge in [0.15, 0.2) is 0 Å². The summed E-state index contributed by atoms with van der Waals surface area (Å²) in [6, 6.07) is 11.3. The van der Waals surface area contributed by atoms with Crippen LogP contribution in [0.5, 0.6) is 0 Å². The lowest BCUT2D eigenvalue weighted by atomic mass is 9.67. The van der Waals surface area contributed by atoms with Gasteiger partial charge < -0.3 is 0 Å². The van der Waals surface area contributed by atoms with Crippen molar-refractivity contribution < 1.29 is 0 Å². The van der Waals surface area contributed by atoms with E-state index in [1.54, 1.807) is 6.33 Å². The Labute approximate surface area is 108 Å². The Kier molecular flexibility index (Phi) is 2.90. The van der Waals surface area contributed by atoms with Crippen molar-refractivity contribution in [3.8, 4) is 0 Å². The van der Waals surface area contributed by atoms with E-state index in [-0.39, 0.29) is 5.41 Å². The van der Waals surface area contributed by atoms with Gasteiger partial charge in [0.2, 0.25) is 0 Å². The molecule has 1 aromatic heterocycles. The van der Waals surface area contributed by atoms with Crippen molar-refractivity contribution in [2.24, 2.45) is 0 Å². The molecule has 1 aliphatic rings. The van der Waals surface area contributed by atoms with Crippen LogP contribution in [0, 0.1) is 0 Å². The standard InChI is InChI=1S/C15H19N3/c1-15(13-7-3-2-4-8-13)10-6-5-9-14(15)18-12-16-11-17-18/h2-4,7-8,11-12,14H,5-6,9-10H2,1H3. The Morgan fingerprint density at radius 3 is 2.78 bits per heavy atom. The molecule has 0 amide bonds. The van der Waals surface area contributed by atoms with E-state index in [1.165, 1.54) is 31.2 Å². The SMILES string of the molecule is CC1(c2ccccc2)CCCCC1n1cncn1. The van der Waals surface area contributed by atoms with Crippen molar-refractivity contribution in [1.82, 2.24) is 14.8 Å². The summed E-state index contributed by atoms with van der Waals surface area (Å²) in [5.74, 6) is 0. The van der Waals surface area contributed by atoms with Crippen LogP contribution in [-0.4, -0.2) is 14.8 Å². The van der Waals surface area contributed by atoms with E-state index in [9.17, 15) is 0 Å². The van der Waals surface area contributed by atoms with Gasteiger partial charge >= 0.3 is 0 Å². The molecule has 94 valence electrons. The molecule has 1 fully saturated rings. The minimum absolute atomic E-state index is 0.174. The van der Waals surface area contributed by atoms with Gasteiger partial charge in [-0.25, -0.2) is 9.67 Å². The van der Waals surface area contributed by atoms with E-state index in [0.29, 0.717) is 6.04 Å². The molecule has 1 aromatic carbocycles. The van der Waals surface area contributed by atoms with Crippen LogP contribution in [0.25, 0.3) is 0 Å². The van der Waals surface area contributed by atoms with Crippen LogP contribution in [0.4, 0.5) is 0 Å². The molecule has 0 aliphatic heterocycles. The average molecular weight is 241 g/mol. The molecule has 1 aliphatic carbocycles. The van der Waals surface area contributed by atoms with E-state index in [2.05, 4.69) is 47.3 Å². The summed E-state index contributed by atoms with van der Waals surface area (Å²) in [5.41, 5.74) is 1.60. The zero-order valence-corrected chi connectivity index (χ0v) is 10.8. The first-order valence-electron chi connectivity index (χ1n) is 6.70. The van der Waals surface area contributed by atoms with Gasteiger partial charge in [0.05, 0.1) is 6.04 Å². The third-order valence-corrected chi connectivity index (χ3v) is 4.35. The molecule has 0 spiro atoms. The molecule has 18 heavy (non-hydrogen) atoms. The fourth-order valence-electron chi connectivity index (χ4n) is 3.27. The van der Waals surface area contributed by atoms with Crippen molar-refractivity contribution in [2.45, 2.75) is 44.1 Å². The molecule has 3 rings (SSSR count). The van der Waals surface area contributed by atoms with Gasteiger partial charge in [0, 0.05) is 5.41 Å². The Morgan fingerprint density at radius 2 is 2.06 bits per heavy atom. The molecular weight excluding hydrogens is 222 g/mol. The van der Waals surface area contributed by atoms with Gasteiger partial charge in [0.1, 0.15) is 12.7 Å². The summed E-state index contributed by atoms with van der Waals surface area (Å²) in [6.07, 6.45) is 8.50. The third-order valence-electron chi connectivity index (χ3n) is 4.35. The second-order valence-corrected chi connectivity index (χ2v) is 5.42. The first-order chi connectivity index (χ1) is 8.81. The average Bonchev–Trinajstić information content (AvgIpc) is 2.94. The highest BCUT2D eigenvalue weighted by Crippen LogP contribution is 2.45. The smallest absolute Gasteiger partial charge is 0.137 e. The highest BCUT2D eigenvalue weighted by atomic mass is 15.3. The maximum Gasteiger partial charge on any atom is 0.137 e. The fourth-order valence-corrected chi connectivity index (χ4v) is 3.27. The zero-order chi connectivity index (χ0) is 12.4. The van der Waals surface area contributed by atoms with Gasteiger partial charge in [-0.2, -0.15) is 5.10 Å². The van der Waals surface area contributed by atoms with Crippen LogP contribution < -0.4 is 0 Å². The van der Waals surface area contributed by atoms with Gasteiger partial charge in [-0.1, -0.05) is 50.1 Å². The summed E-state index contributed by atoms with van der Waals surface area (Å²) in [5, 5.41) is 4.37. The Morgan fingerprint density at radius 1 is 1.22 bits per heavy atom. The molecule has 0 radical (unpaired) electrons. The lowest BCUT2D eigenvalue weighted by Gasteiger charge is -2.41. The monoisotopic (exact) mass is 241 g/mol. The molecule has 2 aromatic rings. The Hall–Kier alpha value is -1.64. The Balaban J connectivity index is 2.01. The Bertz CT molecular complexity index is 492. The van der Waals surface area contributed by atoms with Crippen LogP contribution >= 0.6 is 0 Å². The summed E-state index contributed by atoms with van der Waals surface area (Å²) >= 11 is 0. The highest BCUT2D eigenvalue weighted by molar-refractivity contribution is 5.27. The van der Waals surface area contributed by atoms with Crippen molar-refractivity contribution in [3.05, 3.63) is 48.5 Å². The number of hydrogen-bond acceptors (Lipinski definition) is 2. The predicted octanol–water partition coefficient (Wildman–Crippen LogP) is 3.35. The fraction of sp³-hybridized carbons (Fsp3) is 0.467. The number of nitrogens with zero attached hydrogens (tertiary/aromatic N) is 3. The lowest BCUT2D eigenvalue weighted by Crippen LogP contribution is -2.37. The largest absolute Gasteiger partial charge is 0.249 e. The van der Waals surface area contributed by atoms with Crippen molar-refractivity contribution in [3.63, 3.8) is 0 Å². The minimum atomic E-state index is 0.174. The first kappa shape index (κ1) is 11.5. The minimum Gasteiger partial charge on any atom is -0.249 e. The molecule has 2 atom stereocenters. The predicted molar refractivity (Wildman–Crippen MR) is 71.3 cm³/mol. The summed E-state index contributed by atoms with van der Waals surface area (Å²) in [7, 11) is 0. The summed E-state index contributed by atoms with van der Waals surface area (Å²) in [6.45, 7) is 2.37. The van der Waals surface area contributed by atoms with Crippen LogP contribution in [-0.2, 0) is 5.41 Å². The normalized spacial score (nSPS) is 28.2. The summed E-state index contributed by atoms with van der Waals surface area (Å²) < 4.78 is 2.05. The topological polar surface area (TPSA) is 30.7 Å². The van der Waals surface area contributed by atoms with E-state index < -0.39 is 0 Å². The maximum atomic E-state index is 4.37. The molecule has 3 nitrogen and oxygen atoms in total. The third kappa shape index (κ3) is 1.84. The second-order valence-electron chi connectivity index (χ2n) is 5.42. The number of rotatable bonds is 2. The maximum absolute atomic E-state index is 4.37. The van der Waals surface area contributed by atoms with E-state index in [4.69, 9.17) is 0 Å². The number of benzene rings is 1. The summed E-state index contributed by atoms with van der Waals surface area (Å²) in [4.78, 5) is 4.11. The zero-order valence-electron chi connectivity index (χ0n) is 10.8. The first-order valence-corrected chi connectivity index (χ1v) is 6.70. The number of aromatic nitrogens is 3. The molecule has 0 N–H and O–H groups in total. The van der Waals surface area contributed by atoms with Gasteiger partial charge in [-0.3, -0.25) is 0 Å². The van der Waals surface area contributed by atoms with Gasteiger partial charge in [0.25, 0.3) is 0 Å². The van der Waals surface area contributed by atoms with E-state index in [0.717, 1.165) is 0 Å².